The largest absolute Gasteiger partial charge is 0.291 e. The number of fused-ring (bicyclic) bond motifs is 1. The van der Waals surface area contributed by atoms with E-state index >= 15 is 0 Å². The number of rotatable bonds is 3. The van der Waals surface area contributed by atoms with Gasteiger partial charge in [0.2, 0.25) is 5.95 Å². The van der Waals surface area contributed by atoms with Gasteiger partial charge in [-0.25, -0.2) is 10.4 Å². The van der Waals surface area contributed by atoms with Crippen molar-refractivity contribution in [1.29, 1.82) is 0 Å². The van der Waals surface area contributed by atoms with Gasteiger partial charge in [0.25, 0.3) is 5.56 Å². The first-order valence-corrected chi connectivity index (χ1v) is 7.00. The first-order chi connectivity index (χ1) is 9.72. The van der Waals surface area contributed by atoms with E-state index in [9.17, 15) is 4.79 Å². The fraction of sp³-hybridized carbons (Fsp3) is 0. The van der Waals surface area contributed by atoms with Crippen LogP contribution in [-0.4, -0.2) is 16.2 Å². The van der Waals surface area contributed by atoms with Crippen molar-refractivity contribution in [2.75, 3.05) is 5.43 Å². The molecule has 2 N–H and O–H groups in total. The number of nitrogens with one attached hydrogen (secondary N) is 2. The Labute approximate surface area is 122 Å². The van der Waals surface area contributed by atoms with Crippen molar-refractivity contribution < 1.29 is 0 Å². The van der Waals surface area contributed by atoms with Gasteiger partial charge in [-0.1, -0.05) is 23.7 Å². The molecule has 0 aliphatic rings. The molecule has 0 saturated heterocycles. The van der Waals surface area contributed by atoms with Crippen molar-refractivity contribution in [3.8, 4) is 0 Å². The zero-order chi connectivity index (χ0) is 13.9. The molecule has 0 saturated carbocycles. The van der Waals surface area contributed by atoms with Crippen LogP contribution < -0.4 is 11.0 Å². The number of hydrogen-bond donors (Lipinski definition) is 2. The number of hydrogen-bond acceptors (Lipinski definition) is 5. The number of halogens is 1. The van der Waals surface area contributed by atoms with E-state index in [-0.39, 0.29) is 5.56 Å². The Bertz CT molecular complexity index is 822. The van der Waals surface area contributed by atoms with Crippen LogP contribution in [0.4, 0.5) is 5.95 Å². The lowest BCUT2D eigenvalue weighted by molar-refractivity contribution is 1.13. The van der Waals surface area contributed by atoms with E-state index in [1.165, 1.54) is 11.3 Å². The maximum Gasteiger partial charge on any atom is 0.261 e. The molecule has 2 heterocycles. The van der Waals surface area contributed by atoms with E-state index in [2.05, 4.69) is 20.5 Å². The van der Waals surface area contributed by atoms with Gasteiger partial charge in [-0.2, -0.15) is 5.10 Å². The SMILES string of the molecule is O=c1[nH]c(N/N=C/c2ccc(Cl)cc2)nc2sccc12. The van der Waals surface area contributed by atoms with Gasteiger partial charge in [0.15, 0.2) is 0 Å². The molecular weight excluding hydrogens is 296 g/mol. The molecule has 0 atom stereocenters. The molecule has 0 aliphatic carbocycles. The Balaban J connectivity index is 1.79. The third kappa shape index (κ3) is 2.71. The van der Waals surface area contributed by atoms with Crippen LogP contribution in [0.1, 0.15) is 5.56 Å². The van der Waals surface area contributed by atoms with Crippen LogP contribution in [0.15, 0.2) is 45.6 Å². The second-order valence-corrected chi connectivity index (χ2v) is 5.31. The van der Waals surface area contributed by atoms with E-state index in [1.54, 1.807) is 24.4 Å². The second-order valence-electron chi connectivity index (χ2n) is 3.98. The average molecular weight is 305 g/mol. The van der Waals surface area contributed by atoms with Crippen molar-refractivity contribution in [3.63, 3.8) is 0 Å². The van der Waals surface area contributed by atoms with Gasteiger partial charge in [0.1, 0.15) is 4.83 Å². The Morgan fingerprint density at radius 3 is 2.90 bits per heavy atom. The van der Waals surface area contributed by atoms with E-state index in [0.717, 1.165) is 5.56 Å². The Kier molecular flexibility index (Phi) is 3.49. The normalized spacial score (nSPS) is 11.2. The Hall–Kier alpha value is -2.18. The zero-order valence-electron chi connectivity index (χ0n) is 10.1. The smallest absolute Gasteiger partial charge is 0.261 e. The minimum atomic E-state index is -0.180. The standard InChI is InChI=1S/C13H9ClN4OS/c14-9-3-1-8(2-4-9)7-15-18-13-16-11(19)10-5-6-20-12(10)17-13/h1-7H,(H2,16,17,18,19)/b15-7+. The zero-order valence-corrected chi connectivity index (χ0v) is 11.7. The van der Waals surface area contributed by atoms with E-state index in [1.807, 2.05) is 17.5 Å². The van der Waals surface area contributed by atoms with Crippen LogP contribution in [0.25, 0.3) is 10.2 Å². The number of H-pyrrole nitrogens is 1. The van der Waals surface area contributed by atoms with Gasteiger partial charge in [-0.05, 0) is 29.1 Å². The lowest BCUT2D eigenvalue weighted by atomic mass is 10.2. The molecule has 0 aliphatic heterocycles. The van der Waals surface area contributed by atoms with Crippen molar-refractivity contribution in [1.82, 2.24) is 9.97 Å². The van der Waals surface area contributed by atoms with Gasteiger partial charge in [-0.3, -0.25) is 9.78 Å². The summed E-state index contributed by atoms with van der Waals surface area (Å²) in [5.41, 5.74) is 3.42. The molecule has 0 bridgehead atoms. The summed E-state index contributed by atoms with van der Waals surface area (Å²) in [5.74, 6) is 0.315. The molecule has 100 valence electrons. The number of nitrogens with zero attached hydrogens (tertiary/aromatic N) is 2. The number of benzene rings is 1. The molecule has 7 heteroatoms. The summed E-state index contributed by atoms with van der Waals surface area (Å²) in [6.45, 7) is 0. The lowest BCUT2D eigenvalue weighted by Gasteiger charge is -1.99. The molecule has 5 nitrogen and oxygen atoms in total. The molecule has 0 fully saturated rings. The molecule has 1 aromatic carbocycles. The summed E-state index contributed by atoms with van der Waals surface area (Å²) in [7, 11) is 0. The summed E-state index contributed by atoms with van der Waals surface area (Å²) < 4.78 is 0. The van der Waals surface area contributed by atoms with Crippen molar-refractivity contribution in [2.24, 2.45) is 5.10 Å². The topological polar surface area (TPSA) is 70.1 Å². The van der Waals surface area contributed by atoms with Gasteiger partial charge >= 0.3 is 0 Å². The molecule has 3 aromatic rings. The third-order valence-electron chi connectivity index (χ3n) is 2.59. The molecule has 0 spiro atoms. The molecule has 0 radical (unpaired) electrons. The number of aromatic nitrogens is 2. The summed E-state index contributed by atoms with van der Waals surface area (Å²) in [4.78, 5) is 19.3. The molecule has 20 heavy (non-hydrogen) atoms. The van der Waals surface area contributed by atoms with E-state index < -0.39 is 0 Å². The highest BCUT2D eigenvalue weighted by molar-refractivity contribution is 7.16. The van der Waals surface area contributed by atoms with Crippen molar-refractivity contribution >= 4 is 45.3 Å². The van der Waals surface area contributed by atoms with Crippen LogP contribution in [0.5, 0.6) is 0 Å². The summed E-state index contributed by atoms with van der Waals surface area (Å²) in [6.07, 6.45) is 1.62. The van der Waals surface area contributed by atoms with Crippen LogP contribution in [0, 0.1) is 0 Å². The predicted molar refractivity (Wildman–Crippen MR) is 82.9 cm³/mol. The first-order valence-electron chi connectivity index (χ1n) is 5.74. The molecule has 3 rings (SSSR count). The van der Waals surface area contributed by atoms with E-state index in [0.29, 0.717) is 21.2 Å². The van der Waals surface area contributed by atoms with Gasteiger partial charge < -0.3 is 0 Å². The minimum absolute atomic E-state index is 0.180. The lowest BCUT2D eigenvalue weighted by Crippen LogP contribution is -2.09. The predicted octanol–water partition coefficient (Wildman–Crippen LogP) is 3.08. The fourth-order valence-electron chi connectivity index (χ4n) is 1.63. The van der Waals surface area contributed by atoms with Gasteiger partial charge in [0, 0.05) is 5.02 Å². The fourth-order valence-corrected chi connectivity index (χ4v) is 2.53. The third-order valence-corrected chi connectivity index (χ3v) is 3.65. The maximum absolute atomic E-state index is 11.7. The summed E-state index contributed by atoms with van der Waals surface area (Å²) in [6, 6.07) is 8.98. The average Bonchev–Trinajstić information content (AvgIpc) is 2.90. The first kappa shape index (κ1) is 12.8. The highest BCUT2D eigenvalue weighted by atomic mass is 35.5. The van der Waals surface area contributed by atoms with Crippen LogP contribution in [0.2, 0.25) is 5.02 Å². The van der Waals surface area contributed by atoms with E-state index in [4.69, 9.17) is 11.6 Å². The van der Waals surface area contributed by atoms with Crippen molar-refractivity contribution in [2.45, 2.75) is 0 Å². The maximum atomic E-state index is 11.7. The number of anilines is 1. The van der Waals surface area contributed by atoms with Crippen LogP contribution >= 0.6 is 22.9 Å². The summed E-state index contributed by atoms with van der Waals surface area (Å²) >= 11 is 7.20. The van der Waals surface area contributed by atoms with Crippen LogP contribution in [-0.2, 0) is 0 Å². The van der Waals surface area contributed by atoms with Crippen LogP contribution in [0.3, 0.4) is 0 Å². The molecule has 0 amide bonds. The Morgan fingerprint density at radius 2 is 2.10 bits per heavy atom. The quantitative estimate of drug-likeness (QED) is 0.577. The van der Waals surface area contributed by atoms with Crippen molar-refractivity contribution in [3.05, 3.63) is 56.7 Å². The second kappa shape index (κ2) is 5.44. The molecular formula is C13H9ClN4OS. The molecule has 2 aromatic heterocycles. The van der Waals surface area contributed by atoms with Gasteiger partial charge in [-0.15, -0.1) is 11.3 Å². The number of thiophene rings is 1. The highest BCUT2D eigenvalue weighted by Gasteiger charge is 2.03. The number of hydrazone groups is 1. The highest BCUT2D eigenvalue weighted by Crippen LogP contribution is 2.15. The number of aromatic amines is 1. The minimum Gasteiger partial charge on any atom is -0.291 e. The Morgan fingerprint density at radius 1 is 1.30 bits per heavy atom. The van der Waals surface area contributed by atoms with Gasteiger partial charge in [0.05, 0.1) is 11.6 Å². The molecule has 0 unspecified atom stereocenters. The summed E-state index contributed by atoms with van der Waals surface area (Å²) in [5, 5.41) is 7.11. The monoisotopic (exact) mass is 304 g/mol.